The van der Waals surface area contributed by atoms with E-state index in [0.29, 0.717) is 19.8 Å². The van der Waals surface area contributed by atoms with E-state index in [0.717, 1.165) is 0 Å². The van der Waals surface area contributed by atoms with Crippen LogP contribution in [0.4, 0.5) is 0 Å². The third kappa shape index (κ3) is 2.40. The molecule has 2 rings (SSSR count). The number of hydrogen-bond acceptors (Lipinski definition) is 4. The van der Waals surface area contributed by atoms with Crippen molar-refractivity contribution in [3.05, 3.63) is 29.6 Å². The first-order valence-corrected chi connectivity index (χ1v) is 5.60. The fourth-order valence-electron chi connectivity index (χ4n) is 2.04. The summed E-state index contributed by atoms with van der Waals surface area (Å²) in [4.78, 5) is 4.17. The molecule has 1 aliphatic heterocycles. The molecule has 0 bridgehead atoms. The minimum atomic E-state index is 0.0710. The first kappa shape index (κ1) is 11.5. The lowest BCUT2D eigenvalue weighted by Gasteiger charge is -2.31. The van der Waals surface area contributed by atoms with Crippen LogP contribution < -0.4 is 5.32 Å². The first-order chi connectivity index (χ1) is 7.83. The summed E-state index contributed by atoms with van der Waals surface area (Å²) in [6, 6.07) is 2.16. The minimum absolute atomic E-state index is 0.0710. The van der Waals surface area contributed by atoms with Crippen molar-refractivity contribution >= 4 is 0 Å². The zero-order chi connectivity index (χ0) is 11.4. The van der Waals surface area contributed by atoms with Crippen LogP contribution in [0, 0.1) is 6.92 Å². The molecular formula is C12H18N2O2. The number of aryl methyl sites for hydroxylation is 1. The number of nitrogens with zero attached hydrogens (tertiary/aromatic N) is 1. The maximum absolute atomic E-state index is 5.73. The normalized spacial score (nSPS) is 23.0. The van der Waals surface area contributed by atoms with E-state index in [-0.39, 0.29) is 12.1 Å². The third-order valence-electron chi connectivity index (χ3n) is 2.94. The van der Waals surface area contributed by atoms with Crippen molar-refractivity contribution in [1.29, 1.82) is 0 Å². The second kappa shape index (κ2) is 5.39. The standard InChI is InChI=1S/C12H18N2O2/c1-9-3-4-14-7-10(9)12(13-2)11-8-15-5-6-16-11/h3-4,7,11-13H,5-6,8H2,1-2H3. The van der Waals surface area contributed by atoms with Gasteiger partial charge >= 0.3 is 0 Å². The molecule has 4 heteroatoms. The summed E-state index contributed by atoms with van der Waals surface area (Å²) in [5, 5.41) is 3.28. The average molecular weight is 222 g/mol. The van der Waals surface area contributed by atoms with Crippen molar-refractivity contribution in [3.63, 3.8) is 0 Å². The summed E-state index contributed by atoms with van der Waals surface area (Å²) in [5.74, 6) is 0. The minimum Gasteiger partial charge on any atom is -0.376 e. The third-order valence-corrected chi connectivity index (χ3v) is 2.94. The van der Waals surface area contributed by atoms with Crippen LogP contribution in [0.3, 0.4) is 0 Å². The van der Waals surface area contributed by atoms with Crippen LogP contribution in [-0.4, -0.2) is 38.0 Å². The van der Waals surface area contributed by atoms with E-state index in [1.165, 1.54) is 11.1 Å². The second-order valence-corrected chi connectivity index (χ2v) is 3.98. The second-order valence-electron chi connectivity index (χ2n) is 3.98. The molecule has 2 heterocycles. The number of pyridine rings is 1. The molecule has 4 nitrogen and oxygen atoms in total. The molecule has 16 heavy (non-hydrogen) atoms. The lowest BCUT2D eigenvalue weighted by molar-refractivity contribution is -0.101. The Morgan fingerprint density at radius 2 is 2.38 bits per heavy atom. The van der Waals surface area contributed by atoms with E-state index in [4.69, 9.17) is 9.47 Å². The van der Waals surface area contributed by atoms with Gasteiger partial charge in [0.05, 0.1) is 25.9 Å². The summed E-state index contributed by atoms with van der Waals surface area (Å²) in [5.41, 5.74) is 2.41. The van der Waals surface area contributed by atoms with Gasteiger partial charge < -0.3 is 14.8 Å². The van der Waals surface area contributed by atoms with Gasteiger partial charge in [-0.15, -0.1) is 0 Å². The van der Waals surface area contributed by atoms with Crippen molar-refractivity contribution < 1.29 is 9.47 Å². The smallest absolute Gasteiger partial charge is 0.100 e. The lowest BCUT2D eigenvalue weighted by Crippen LogP contribution is -2.39. The Hall–Kier alpha value is -0.970. The van der Waals surface area contributed by atoms with Crippen LogP contribution in [0.2, 0.25) is 0 Å². The molecule has 1 aromatic heterocycles. The van der Waals surface area contributed by atoms with Gasteiger partial charge in [0.2, 0.25) is 0 Å². The molecule has 1 fully saturated rings. The molecule has 1 saturated heterocycles. The summed E-state index contributed by atoms with van der Waals surface area (Å²) in [7, 11) is 1.94. The van der Waals surface area contributed by atoms with Crippen molar-refractivity contribution in [3.8, 4) is 0 Å². The molecule has 1 aromatic rings. The highest BCUT2D eigenvalue weighted by Crippen LogP contribution is 2.23. The zero-order valence-electron chi connectivity index (χ0n) is 9.77. The van der Waals surface area contributed by atoms with Crippen LogP contribution >= 0.6 is 0 Å². The number of aromatic nitrogens is 1. The molecular weight excluding hydrogens is 204 g/mol. The van der Waals surface area contributed by atoms with E-state index in [9.17, 15) is 0 Å². The molecule has 0 aliphatic carbocycles. The summed E-state index contributed by atoms with van der Waals surface area (Å²) in [6.45, 7) is 4.09. The van der Waals surface area contributed by atoms with Gasteiger partial charge in [0, 0.05) is 12.4 Å². The van der Waals surface area contributed by atoms with Crippen LogP contribution in [0.15, 0.2) is 18.5 Å². The maximum atomic E-state index is 5.73. The molecule has 1 N–H and O–H groups in total. The highest BCUT2D eigenvalue weighted by molar-refractivity contribution is 5.26. The van der Waals surface area contributed by atoms with Gasteiger partial charge in [-0.3, -0.25) is 4.98 Å². The van der Waals surface area contributed by atoms with Crippen LogP contribution in [-0.2, 0) is 9.47 Å². The summed E-state index contributed by atoms with van der Waals surface area (Å²) < 4.78 is 11.2. The number of rotatable bonds is 3. The number of nitrogens with one attached hydrogen (secondary N) is 1. The molecule has 0 spiro atoms. The molecule has 2 unspecified atom stereocenters. The molecule has 0 saturated carbocycles. The molecule has 2 atom stereocenters. The van der Waals surface area contributed by atoms with E-state index in [1.54, 1.807) is 0 Å². The molecule has 0 amide bonds. The molecule has 0 radical (unpaired) electrons. The SMILES string of the molecule is CNC(c1cnccc1C)C1COCCO1. The Balaban J connectivity index is 2.18. The van der Waals surface area contributed by atoms with E-state index in [1.807, 2.05) is 25.5 Å². The fourth-order valence-corrected chi connectivity index (χ4v) is 2.04. The molecule has 0 aromatic carbocycles. The molecule has 1 aliphatic rings. The maximum Gasteiger partial charge on any atom is 0.100 e. The van der Waals surface area contributed by atoms with Gasteiger partial charge in [-0.1, -0.05) is 0 Å². The average Bonchev–Trinajstić information content (AvgIpc) is 2.34. The largest absolute Gasteiger partial charge is 0.376 e. The van der Waals surface area contributed by atoms with Gasteiger partial charge in [-0.25, -0.2) is 0 Å². The first-order valence-electron chi connectivity index (χ1n) is 5.60. The van der Waals surface area contributed by atoms with E-state index < -0.39 is 0 Å². The van der Waals surface area contributed by atoms with Gasteiger partial charge in [0.15, 0.2) is 0 Å². The van der Waals surface area contributed by atoms with Crippen molar-refractivity contribution in [2.24, 2.45) is 0 Å². The predicted octanol–water partition coefficient (Wildman–Crippen LogP) is 1.07. The van der Waals surface area contributed by atoms with Gasteiger partial charge in [-0.2, -0.15) is 0 Å². The quantitative estimate of drug-likeness (QED) is 0.830. The summed E-state index contributed by atoms with van der Waals surface area (Å²) >= 11 is 0. The monoisotopic (exact) mass is 222 g/mol. The Labute approximate surface area is 96.0 Å². The lowest BCUT2D eigenvalue weighted by atomic mass is 9.99. The number of hydrogen-bond donors (Lipinski definition) is 1. The van der Waals surface area contributed by atoms with Gasteiger partial charge in [-0.05, 0) is 31.2 Å². The summed E-state index contributed by atoms with van der Waals surface area (Å²) in [6.07, 6.45) is 3.78. The van der Waals surface area contributed by atoms with Crippen molar-refractivity contribution in [2.45, 2.75) is 19.1 Å². The van der Waals surface area contributed by atoms with Gasteiger partial charge in [0.25, 0.3) is 0 Å². The highest BCUT2D eigenvalue weighted by Gasteiger charge is 2.26. The number of likely N-dealkylation sites (N-methyl/N-ethyl adjacent to an activating group) is 1. The van der Waals surface area contributed by atoms with E-state index >= 15 is 0 Å². The Bertz CT molecular complexity index is 338. The zero-order valence-corrected chi connectivity index (χ0v) is 9.77. The predicted molar refractivity (Wildman–Crippen MR) is 61.3 cm³/mol. The topological polar surface area (TPSA) is 43.4 Å². The highest BCUT2D eigenvalue weighted by atomic mass is 16.6. The van der Waals surface area contributed by atoms with Crippen LogP contribution in [0.5, 0.6) is 0 Å². The van der Waals surface area contributed by atoms with Crippen LogP contribution in [0.1, 0.15) is 17.2 Å². The Morgan fingerprint density at radius 1 is 1.50 bits per heavy atom. The van der Waals surface area contributed by atoms with Gasteiger partial charge in [0.1, 0.15) is 6.10 Å². The Kier molecular flexibility index (Phi) is 3.88. The van der Waals surface area contributed by atoms with E-state index in [2.05, 4.69) is 17.2 Å². The van der Waals surface area contributed by atoms with Crippen molar-refractivity contribution in [2.75, 3.05) is 26.9 Å². The van der Waals surface area contributed by atoms with Crippen molar-refractivity contribution in [1.82, 2.24) is 10.3 Å². The number of ether oxygens (including phenoxy) is 2. The van der Waals surface area contributed by atoms with Crippen LogP contribution in [0.25, 0.3) is 0 Å². The fraction of sp³-hybridized carbons (Fsp3) is 0.583. The molecule has 88 valence electrons. The Morgan fingerprint density at radius 3 is 3.00 bits per heavy atom.